The molecule has 8 heteroatoms. The van der Waals surface area contributed by atoms with Crippen LogP contribution in [0, 0.1) is 0 Å². The third-order valence-corrected chi connectivity index (χ3v) is 2.58. The van der Waals surface area contributed by atoms with Crippen LogP contribution >= 0.6 is 0 Å². The van der Waals surface area contributed by atoms with E-state index in [-0.39, 0.29) is 24.9 Å². The second kappa shape index (κ2) is 10.8. The van der Waals surface area contributed by atoms with E-state index < -0.39 is 11.8 Å². The first-order valence-electron chi connectivity index (χ1n) is 6.80. The number of ether oxygens (including phenoxy) is 1. The maximum atomic E-state index is 11.6. The van der Waals surface area contributed by atoms with Crippen molar-refractivity contribution in [3.63, 3.8) is 0 Å². The van der Waals surface area contributed by atoms with Gasteiger partial charge >= 0.3 is 11.8 Å². The Balaban J connectivity index is 4.12. The Morgan fingerprint density at radius 2 is 1.90 bits per heavy atom. The number of methoxy groups -OCH3 is 1. The molecule has 0 radical (unpaired) electrons. The number of nitrogens with zero attached hydrogens (tertiary/aromatic N) is 1. The van der Waals surface area contributed by atoms with Gasteiger partial charge in [0, 0.05) is 25.4 Å². The lowest BCUT2D eigenvalue weighted by atomic mass is 10.2. The van der Waals surface area contributed by atoms with Gasteiger partial charge in [0.2, 0.25) is 5.91 Å². The topological polar surface area (TPSA) is 109 Å². The highest BCUT2D eigenvalue weighted by Gasteiger charge is 2.12. The Bertz CT molecular complexity index is 396. The van der Waals surface area contributed by atoms with Crippen molar-refractivity contribution < 1.29 is 19.1 Å². The van der Waals surface area contributed by atoms with Gasteiger partial charge < -0.3 is 15.4 Å². The molecule has 120 valence electrons. The van der Waals surface area contributed by atoms with E-state index in [9.17, 15) is 14.4 Å². The SMILES string of the molecule is CCC(C)NC(=O)CC(C)=NNC(=O)C(=O)NCCOC. The molecule has 0 heterocycles. The van der Waals surface area contributed by atoms with Crippen molar-refractivity contribution in [1.29, 1.82) is 0 Å². The number of carbonyl (C=O) groups is 3. The number of nitrogens with one attached hydrogen (secondary N) is 3. The van der Waals surface area contributed by atoms with E-state index in [1.54, 1.807) is 6.92 Å². The Labute approximate surface area is 124 Å². The van der Waals surface area contributed by atoms with Gasteiger partial charge in [0.05, 0.1) is 13.0 Å². The average molecular weight is 300 g/mol. The molecule has 0 aromatic rings. The minimum Gasteiger partial charge on any atom is -0.383 e. The normalized spacial score (nSPS) is 12.5. The number of hydrogen-bond acceptors (Lipinski definition) is 5. The van der Waals surface area contributed by atoms with Gasteiger partial charge in [-0.25, -0.2) is 5.43 Å². The van der Waals surface area contributed by atoms with E-state index in [1.807, 2.05) is 13.8 Å². The van der Waals surface area contributed by atoms with Crippen molar-refractivity contribution in [3.05, 3.63) is 0 Å². The standard InChI is InChI=1S/C13H24N4O4/c1-5-9(2)15-11(18)8-10(3)16-17-13(20)12(19)14-6-7-21-4/h9H,5-8H2,1-4H3,(H,14,19)(H,15,18)(H,17,20). The molecule has 0 aliphatic rings. The summed E-state index contributed by atoms with van der Waals surface area (Å²) in [5.41, 5.74) is 2.51. The second-order valence-corrected chi connectivity index (χ2v) is 4.59. The van der Waals surface area contributed by atoms with Gasteiger partial charge in [-0.2, -0.15) is 5.10 Å². The lowest BCUT2D eigenvalue weighted by Gasteiger charge is -2.10. The lowest BCUT2D eigenvalue weighted by Crippen LogP contribution is -2.39. The molecular formula is C13H24N4O4. The van der Waals surface area contributed by atoms with Crippen LogP contribution in [-0.4, -0.2) is 49.7 Å². The third kappa shape index (κ3) is 9.55. The van der Waals surface area contributed by atoms with E-state index in [4.69, 9.17) is 4.74 Å². The summed E-state index contributed by atoms with van der Waals surface area (Å²) in [4.78, 5) is 34.3. The van der Waals surface area contributed by atoms with Gasteiger partial charge in [0.25, 0.3) is 0 Å². The Kier molecular flexibility index (Phi) is 9.78. The summed E-state index contributed by atoms with van der Waals surface area (Å²) in [6.07, 6.45) is 0.899. The summed E-state index contributed by atoms with van der Waals surface area (Å²) >= 11 is 0. The van der Waals surface area contributed by atoms with Gasteiger partial charge in [-0.3, -0.25) is 14.4 Å². The smallest absolute Gasteiger partial charge is 0.329 e. The predicted octanol–water partition coefficient (Wildman–Crippen LogP) is -0.454. The molecule has 8 nitrogen and oxygen atoms in total. The monoisotopic (exact) mass is 300 g/mol. The fourth-order valence-corrected chi connectivity index (χ4v) is 1.24. The van der Waals surface area contributed by atoms with Crippen LogP contribution in [0.2, 0.25) is 0 Å². The van der Waals surface area contributed by atoms with Crippen LogP contribution in [0.4, 0.5) is 0 Å². The first-order valence-corrected chi connectivity index (χ1v) is 6.80. The fraction of sp³-hybridized carbons (Fsp3) is 0.692. The highest BCUT2D eigenvalue weighted by molar-refractivity contribution is 6.35. The number of amides is 3. The molecule has 1 unspecified atom stereocenters. The maximum absolute atomic E-state index is 11.6. The summed E-state index contributed by atoms with van der Waals surface area (Å²) in [5, 5.41) is 8.85. The van der Waals surface area contributed by atoms with Gasteiger partial charge in [0.15, 0.2) is 0 Å². The number of hydrogen-bond donors (Lipinski definition) is 3. The molecule has 0 aromatic heterocycles. The number of rotatable bonds is 8. The van der Waals surface area contributed by atoms with E-state index in [0.717, 1.165) is 6.42 Å². The van der Waals surface area contributed by atoms with E-state index >= 15 is 0 Å². The molecular weight excluding hydrogens is 276 g/mol. The zero-order valence-corrected chi connectivity index (χ0v) is 13.0. The van der Waals surface area contributed by atoms with Gasteiger partial charge in [-0.15, -0.1) is 0 Å². The highest BCUT2D eigenvalue weighted by Crippen LogP contribution is 1.91. The van der Waals surface area contributed by atoms with Crippen LogP contribution in [0.15, 0.2) is 5.10 Å². The second-order valence-electron chi connectivity index (χ2n) is 4.59. The summed E-state index contributed by atoms with van der Waals surface area (Å²) in [6.45, 7) is 6.02. The molecule has 0 aliphatic heterocycles. The first-order chi connectivity index (χ1) is 9.90. The Morgan fingerprint density at radius 3 is 2.48 bits per heavy atom. The van der Waals surface area contributed by atoms with E-state index in [2.05, 4.69) is 21.2 Å². The molecule has 21 heavy (non-hydrogen) atoms. The molecule has 0 bridgehead atoms. The number of hydrazone groups is 1. The summed E-state index contributed by atoms with van der Waals surface area (Å²) < 4.78 is 4.74. The summed E-state index contributed by atoms with van der Waals surface area (Å²) in [5.74, 6) is -1.86. The van der Waals surface area contributed by atoms with Crippen molar-refractivity contribution >= 4 is 23.4 Å². The van der Waals surface area contributed by atoms with Crippen LogP contribution in [-0.2, 0) is 19.1 Å². The molecule has 1 atom stereocenters. The van der Waals surface area contributed by atoms with Crippen LogP contribution in [0.3, 0.4) is 0 Å². The zero-order chi connectivity index (χ0) is 16.3. The predicted molar refractivity (Wildman–Crippen MR) is 78.7 cm³/mol. The van der Waals surface area contributed by atoms with Gasteiger partial charge in [-0.1, -0.05) is 6.92 Å². The van der Waals surface area contributed by atoms with Crippen LogP contribution in [0.1, 0.15) is 33.6 Å². The van der Waals surface area contributed by atoms with Gasteiger partial charge in [-0.05, 0) is 20.3 Å². The number of carbonyl (C=O) groups excluding carboxylic acids is 3. The fourth-order valence-electron chi connectivity index (χ4n) is 1.24. The maximum Gasteiger partial charge on any atom is 0.329 e. The van der Waals surface area contributed by atoms with Crippen LogP contribution in [0.5, 0.6) is 0 Å². The molecule has 0 rings (SSSR count). The molecule has 0 fully saturated rings. The molecule has 0 saturated heterocycles. The Morgan fingerprint density at radius 1 is 1.24 bits per heavy atom. The molecule has 0 saturated carbocycles. The molecule has 0 aliphatic carbocycles. The molecule has 0 spiro atoms. The minimum absolute atomic E-state index is 0.0654. The average Bonchev–Trinajstić information content (AvgIpc) is 2.44. The van der Waals surface area contributed by atoms with Crippen LogP contribution in [0.25, 0.3) is 0 Å². The van der Waals surface area contributed by atoms with Crippen LogP contribution < -0.4 is 16.1 Å². The van der Waals surface area contributed by atoms with Crippen molar-refractivity contribution in [2.24, 2.45) is 5.10 Å². The first kappa shape index (κ1) is 19.0. The lowest BCUT2D eigenvalue weighted by molar-refractivity contribution is -0.139. The Hall–Kier alpha value is -1.96. The quantitative estimate of drug-likeness (QED) is 0.244. The van der Waals surface area contributed by atoms with E-state index in [1.165, 1.54) is 7.11 Å². The van der Waals surface area contributed by atoms with Crippen molar-refractivity contribution in [2.45, 2.75) is 39.7 Å². The molecule has 3 N–H and O–H groups in total. The highest BCUT2D eigenvalue weighted by atomic mass is 16.5. The third-order valence-electron chi connectivity index (χ3n) is 2.58. The largest absolute Gasteiger partial charge is 0.383 e. The van der Waals surface area contributed by atoms with Crippen molar-refractivity contribution in [3.8, 4) is 0 Å². The van der Waals surface area contributed by atoms with E-state index in [0.29, 0.717) is 12.3 Å². The van der Waals surface area contributed by atoms with Crippen molar-refractivity contribution in [1.82, 2.24) is 16.1 Å². The summed E-state index contributed by atoms with van der Waals surface area (Å²) in [7, 11) is 1.49. The summed E-state index contributed by atoms with van der Waals surface area (Å²) in [6, 6.07) is 0.0893. The van der Waals surface area contributed by atoms with Gasteiger partial charge in [0.1, 0.15) is 0 Å². The zero-order valence-electron chi connectivity index (χ0n) is 13.0. The van der Waals surface area contributed by atoms with Crippen molar-refractivity contribution in [2.75, 3.05) is 20.3 Å². The molecule has 0 aromatic carbocycles. The molecule has 3 amide bonds. The minimum atomic E-state index is -0.882.